The molecular formula is C16H19N2O5P. The Morgan fingerprint density at radius 1 is 1.25 bits per heavy atom. The Hall–Kier alpha value is -1.95. The molecule has 2 aliphatic rings. The summed E-state index contributed by atoms with van der Waals surface area (Å²) < 4.78 is 24.2. The second kappa shape index (κ2) is 6.51. The van der Waals surface area contributed by atoms with E-state index in [1.807, 2.05) is 13.0 Å². The summed E-state index contributed by atoms with van der Waals surface area (Å²) >= 11 is 0. The Labute approximate surface area is 140 Å². The summed E-state index contributed by atoms with van der Waals surface area (Å²) in [7, 11) is -3.49. The van der Waals surface area contributed by atoms with Gasteiger partial charge in [0.25, 0.3) is 5.69 Å². The van der Waals surface area contributed by atoms with Gasteiger partial charge in [-0.1, -0.05) is 24.3 Å². The number of hydrogen-bond acceptors (Lipinski definition) is 6. The number of benzene rings is 1. The van der Waals surface area contributed by atoms with Crippen molar-refractivity contribution in [2.75, 3.05) is 13.2 Å². The Kier molecular flexibility index (Phi) is 4.58. The molecule has 0 bridgehead atoms. The summed E-state index contributed by atoms with van der Waals surface area (Å²) in [4.78, 5) is 11.0. The van der Waals surface area contributed by atoms with E-state index in [1.54, 1.807) is 25.1 Å². The molecule has 1 aromatic carbocycles. The first-order valence-corrected chi connectivity index (χ1v) is 9.26. The van der Waals surface area contributed by atoms with E-state index in [0.717, 1.165) is 5.70 Å². The largest absolute Gasteiger partial charge is 0.362 e. The molecule has 1 aromatic rings. The topological polar surface area (TPSA) is 90.7 Å². The van der Waals surface area contributed by atoms with Crippen molar-refractivity contribution in [3.63, 3.8) is 0 Å². The van der Waals surface area contributed by atoms with Gasteiger partial charge in [-0.25, -0.2) is 0 Å². The molecule has 2 aliphatic heterocycles. The summed E-state index contributed by atoms with van der Waals surface area (Å²) in [5.74, 6) is -0.531. The van der Waals surface area contributed by atoms with Crippen molar-refractivity contribution < 1.29 is 18.5 Å². The van der Waals surface area contributed by atoms with Crippen LogP contribution >= 0.6 is 7.60 Å². The van der Waals surface area contributed by atoms with Gasteiger partial charge in [-0.05, 0) is 20.3 Å². The molecule has 0 saturated carbocycles. The minimum atomic E-state index is -3.49. The second-order valence-corrected chi connectivity index (χ2v) is 7.79. The average Bonchev–Trinajstić information content (AvgIpc) is 2.54. The molecule has 1 atom stereocenters. The highest BCUT2D eigenvalue weighted by molar-refractivity contribution is 7.58. The summed E-state index contributed by atoms with van der Waals surface area (Å²) in [5.41, 5.74) is 1.96. The molecule has 0 aromatic heterocycles. The Bertz CT molecular complexity index is 776. The fourth-order valence-corrected chi connectivity index (χ4v) is 5.21. The summed E-state index contributed by atoms with van der Waals surface area (Å²) in [5, 5.41) is 15.0. The molecule has 2 heterocycles. The van der Waals surface area contributed by atoms with Gasteiger partial charge in [0, 0.05) is 28.9 Å². The van der Waals surface area contributed by atoms with Crippen molar-refractivity contribution in [3.8, 4) is 0 Å². The van der Waals surface area contributed by atoms with Gasteiger partial charge in [0.1, 0.15) is 0 Å². The molecule has 1 unspecified atom stereocenters. The highest BCUT2D eigenvalue weighted by atomic mass is 31.2. The van der Waals surface area contributed by atoms with Gasteiger partial charge >= 0.3 is 7.60 Å². The molecule has 24 heavy (non-hydrogen) atoms. The number of dihydropyridines is 1. The van der Waals surface area contributed by atoms with Gasteiger partial charge in [-0.15, -0.1) is 0 Å². The van der Waals surface area contributed by atoms with Crippen molar-refractivity contribution >= 4 is 13.3 Å². The predicted molar refractivity (Wildman–Crippen MR) is 89.6 cm³/mol. The van der Waals surface area contributed by atoms with Crippen molar-refractivity contribution in [2.45, 2.75) is 26.2 Å². The molecule has 1 fully saturated rings. The van der Waals surface area contributed by atoms with Gasteiger partial charge < -0.3 is 14.4 Å². The summed E-state index contributed by atoms with van der Waals surface area (Å²) in [6, 6.07) is 6.48. The number of para-hydroxylation sites is 1. The highest BCUT2D eigenvalue weighted by Crippen LogP contribution is 2.64. The molecule has 8 heteroatoms. The van der Waals surface area contributed by atoms with Crippen LogP contribution in [0, 0.1) is 10.1 Å². The predicted octanol–water partition coefficient (Wildman–Crippen LogP) is 4.05. The molecule has 0 radical (unpaired) electrons. The highest BCUT2D eigenvalue weighted by Gasteiger charge is 2.42. The van der Waals surface area contributed by atoms with E-state index < -0.39 is 18.4 Å². The van der Waals surface area contributed by atoms with E-state index in [1.165, 1.54) is 6.07 Å². The molecular weight excluding hydrogens is 331 g/mol. The van der Waals surface area contributed by atoms with Crippen LogP contribution in [0.25, 0.3) is 0 Å². The first-order chi connectivity index (χ1) is 11.4. The van der Waals surface area contributed by atoms with Crippen LogP contribution in [-0.2, 0) is 13.6 Å². The van der Waals surface area contributed by atoms with E-state index >= 15 is 0 Å². The summed E-state index contributed by atoms with van der Waals surface area (Å²) in [6.45, 7) is 4.34. The molecule has 1 N–H and O–H groups in total. The second-order valence-electron chi connectivity index (χ2n) is 5.80. The number of nitrogens with one attached hydrogen (secondary N) is 1. The normalized spacial score (nSPS) is 23.4. The molecule has 0 spiro atoms. The minimum Gasteiger partial charge on any atom is -0.362 e. The molecule has 0 aliphatic carbocycles. The van der Waals surface area contributed by atoms with Gasteiger partial charge in [-0.3, -0.25) is 14.7 Å². The third kappa shape index (κ3) is 3.02. The Morgan fingerprint density at radius 2 is 1.92 bits per heavy atom. The van der Waals surface area contributed by atoms with Crippen LogP contribution in [0.3, 0.4) is 0 Å². The van der Waals surface area contributed by atoms with Gasteiger partial charge in [0.15, 0.2) is 0 Å². The Balaban J connectivity index is 2.15. The van der Waals surface area contributed by atoms with Crippen molar-refractivity contribution in [3.05, 3.63) is 62.7 Å². The zero-order chi connectivity index (χ0) is 17.3. The Morgan fingerprint density at radius 3 is 2.58 bits per heavy atom. The van der Waals surface area contributed by atoms with Crippen molar-refractivity contribution in [2.24, 2.45) is 0 Å². The van der Waals surface area contributed by atoms with Crippen molar-refractivity contribution in [1.29, 1.82) is 0 Å². The van der Waals surface area contributed by atoms with Crippen LogP contribution in [0.15, 0.2) is 47.0 Å². The zero-order valence-corrected chi connectivity index (χ0v) is 14.4. The van der Waals surface area contributed by atoms with Crippen LogP contribution in [0.5, 0.6) is 0 Å². The quantitative estimate of drug-likeness (QED) is 0.502. The number of hydrogen-bond donors (Lipinski definition) is 1. The fourth-order valence-electron chi connectivity index (χ4n) is 3.10. The standard InChI is InChI=1S/C16H19N2O5P/c1-11-10-14(13-6-3-4-7-15(13)18(19)20)16(12(2)17-11)24(21)22-8-5-9-23-24/h3-4,6-7,10,14,17H,5,8-9H2,1-2H3. The third-order valence-corrected chi connectivity index (χ3v) is 6.30. The lowest BCUT2D eigenvalue weighted by Gasteiger charge is -2.33. The molecule has 7 nitrogen and oxygen atoms in total. The lowest BCUT2D eigenvalue weighted by Crippen LogP contribution is -2.23. The smallest absolute Gasteiger partial charge is 0.360 e. The first kappa shape index (κ1) is 16.9. The molecule has 0 amide bonds. The minimum absolute atomic E-state index is 0.0117. The monoisotopic (exact) mass is 350 g/mol. The first-order valence-electron chi connectivity index (χ1n) is 7.71. The lowest BCUT2D eigenvalue weighted by atomic mass is 9.93. The van der Waals surface area contributed by atoms with Gasteiger partial charge in [0.05, 0.1) is 23.5 Å². The average molecular weight is 350 g/mol. The van der Waals surface area contributed by atoms with E-state index in [-0.39, 0.29) is 5.69 Å². The van der Waals surface area contributed by atoms with E-state index in [4.69, 9.17) is 9.05 Å². The SMILES string of the molecule is CC1=CC(c2ccccc2[N+](=O)[O-])C(P2(=O)OCCCO2)=C(C)N1. The third-order valence-electron chi connectivity index (χ3n) is 4.05. The number of nitro groups is 1. The van der Waals surface area contributed by atoms with Gasteiger partial charge in [-0.2, -0.15) is 0 Å². The number of nitro benzene ring substituents is 1. The maximum atomic E-state index is 13.2. The molecule has 1 saturated heterocycles. The molecule has 128 valence electrons. The van der Waals surface area contributed by atoms with Gasteiger partial charge in [0.2, 0.25) is 0 Å². The maximum absolute atomic E-state index is 13.2. The van der Waals surface area contributed by atoms with Crippen LogP contribution in [0.1, 0.15) is 31.7 Å². The van der Waals surface area contributed by atoms with Crippen LogP contribution < -0.4 is 5.32 Å². The van der Waals surface area contributed by atoms with Crippen molar-refractivity contribution in [1.82, 2.24) is 5.32 Å². The van der Waals surface area contributed by atoms with Crippen LogP contribution in [0.4, 0.5) is 5.69 Å². The van der Waals surface area contributed by atoms with E-state index in [9.17, 15) is 14.7 Å². The zero-order valence-electron chi connectivity index (χ0n) is 13.5. The number of allylic oxidation sites excluding steroid dienone is 4. The summed E-state index contributed by atoms with van der Waals surface area (Å²) in [6.07, 6.45) is 2.50. The van der Waals surface area contributed by atoms with Crippen LogP contribution in [-0.4, -0.2) is 18.1 Å². The lowest BCUT2D eigenvalue weighted by molar-refractivity contribution is -0.385. The van der Waals surface area contributed by atoms with E-state index in [0.29, 0.717) is 36.2 Å². The fraction of sp³-hybridized carbons (Fsp3) is 0.375. The maximum Gasteiger partial charge on any atom is 0.360 e. The number of rotatable bonds is 3. The van der Waals surface area contributed by atoms with E-state index in [2.05, 4.69) is 5.32 Å². The molecule has 3 rings (SSSR count). The number of nitrogens with zero attached hydrogens (tertiary/aromatic N) is 1. The van der Waals surface area contributed by atoms with Crippen LogP contribution in [0.2, 0.25) is 0 Å².